The molecule has 0 N–H and O–H groups in total. The van der Waals surface area contributed by atoms with Gasteiger partial charge in [-0.05, 0) is 24.1 Å². The zero-order chi connectivity index (χ0) is 13.9. The summed E-state index contributed by atoms with van der Waals surface area (Å²) >= 11 is 3.17. The highest BCUT2D eigenvalue weighted by molar-refractivity contribution is 9.09. The van der Waals surface area contributed by atoms with Crippen LogP contribution in [0.5, 0.6) is 5.75 Å². The minimum Gasteiger partial charge on any atom is -0.494 e. The van der Waals surface area contributed by atoms with E-state index in [2.05, 4.69) is 22.9 Å². The largest absolute Gasteiger partial charge is 0.494 e. The molecule has 0 atom stereocenters. The van der Waals surface area contributed by atoms with Gasteiger partial charge in [0.25, 0.3) is 0 Å². The molecule has 0 heterocycles. The molecule has 2 nitrogen and oxygen atoms in total. The van der Waals surface area contributed by atoms with E-state index in [-0.39, 0.29) is 5.78 Å². The second-order valence-electron chi connectivity index (χ2n) is 4.76. The maximum Gasteiger partial charge on any atom is 0.147 e. The van der Waals surface area contributed by atoms with E-state index in [9.17, 15) is 4.79 Å². The van der Waals surface area contributed by atoms with E-state index in [1.807, 2.05) is 24.3 Å². The van der Waals surface area contributed by atoms with Crippen LogP contribution in [-0.4, -0.2) is 17.7 Å². The lowest BCUT2D eigenvalue weighted by Crippen LogP contribution is -2.03. The molecular formula is C16H23BrO2. The first kappa shape index (κ1) is 16.2. The van der Waals surface area contributed by atoms with Gasteiger partial charge in [-0.1, -0.05) is 60.7 Å². The van der Waals surface area contributed by atoms with Crippen molar-refractivity contribution in [2.45, 2.75) is 45.4 Å². The predicted molar refractivity (Wildman–Crippen MR) is 83.2 cm³/mol. The molecule has 0 amide bonds. The smallest absolute Gasteiger partial charge is 0.147 e. The van der Waals surface area contributed by atoms with Gasteiger partial charge in [0.05, 0.1) is 11.9 Å². The van der Waals surface area contributed by atoms with Crippen molar-refractivity contribution in [3.8, 4) is 5.75 Å². The summed E-state index contributed by atoms with van der Waals surface area (Å²) < 4.78 is 5.68. The number of unbranched alkanes of at least 4 members (excludes halogenated alkanes) is 4. The van der Waals surface area contributed by atoms with Crippen LogP contribution in [0.2, 0.25) is 0 Å². The summed E-state index contributed by atoms with van der Waals surface area (Å²) in [7, 11) is 0. The number of ether oxygens (including phenoxy) is 1. The third-order valence-corrected chi connectivity index (χ3v) is 3.62. The molecule has 0 spiro atoms. The number of ketones is 1. The molecule has 106 valence electrons. The van der Waals surface area contributed by atoms with Gasteiger partial charge in [0.15, 0.2) is 0 Å². The summed E-state index contributed by atoms with van der Waals surface area (Å²) in [5, 5.41) is 0.420. The van der Waals surface area contributed by atoms with Gasteiger partial charge in [-0.15, -0.1) is 0 Å². The van der Waals surface area contributed by atoms with Crippen LogP contribution >= 0.6 is 15.9 Å². The van der Waals surface area contributed by atoms with Gasteiger partial charge in [-0.2, -0.15) is 0 Å². The van der Waals surface area contributed by atoms with E-state index in [1.165, 1.54) is 25.7 Å². The summed E-state index contributed by atoms with van der Waals surface area (Å²) in [5.41, 5.74) is 1.04. The van der Waals surface area contributed by atoms with Crippen molar-refractivity contribution in [2.24, 2.45) is 0 Å². The fraction of sp³-hybridized carbons (Fsp3) is 0.562. The molecule has 1 rings (SSSR count). The highest BCUT2D eigenvalue weighted by atomic mass is 79.9. The SMILES string of the molecule is CCCCCCCOc1ccc(CC(=O)CBr)cc1. The average Bonchev–Trinajstić information content (AvgIpc) is 2.44. The molecule has 19 heavy (non-hydrogen) atoms. The van der Waals surface area contributed by atoms with Gasteiger partial charge in [-0.3, -0.25) is 4.79 Å². The monoisotopic (exact) mass is 326 g/mol. The topological polar surface area (TPSA) is 26.3 Å². The number of halogens is 1. The number of hydrogen-bond acceptors (Lipinski definition) is 2. The highest BCUT2D eigenvalue weighted by Gasteiger charge is 2.02. The first-order chi connectivity index (χ1) is 9.26. The molecule has 1 aromatic carbocycles. The number of alkyl halides is 1. The Kier molecular flexibility index (Phi) is 8.55. The normalized spacial score (nSPS) is 10.4. The van der Waals surface area contributed by atoms with E-state index >= 15 is 0 Å². The highest BCUT2D eigenvalue weighted by Crippen LogP contribution is 2.14. The maximum absolute atomic E-state index is 11.3. The third-order valence-electron chi connectivity index (χ3n) is 2.99. The van der Waals surface area contributed by atoms with E-state index in [4.69, 9.17) is 4.74 Å². The van der Waals surface area contributed by atoms with E-state index in [0.717, 1.165) is 24.3 Å². The van der Waals surface area contributed by atoms with Gasteiger partial charge in [0.1, 0.15) is 11.5 Å². The third kappa shape index (κ3) is 7.36. The Labute approximate surface area is 124 Å². The van der Waals surface area contributed by atoms with Crippen LogP contribution in [0.4, 0.5) is 0 Å². The van der Waals surface area contributed by atoms with Gasteiger partial charge < -0.3 is 4.74 Å². The van der Waals surface area contributed by atoms with Crippen LogP contribution in [0.3, 0.4) is 0 Å². The van der Waals surface area contributed by atoms with Gasteiger partial charge in [-0.25, -0.2) is 0 Å². The lowest BCUT2D eigenvalue weighted by Gasteiger charge is -2.07. The Bertz CT molecular complexity index is 360. The molecule has 0 aliphatic rings. The van der Waals surface area contributed by atoms with Crippen LogP contribution in [0.25, 0.3) is 0 Å². The number of rotatable bonds is 10. The molecule has 0 aliphatic carbocycles. The van der Waals surface area contributed by atoms with Crippen LogP contribution in [-0.2, 0) is 11.2 Å². The summed E-state index contributed by atoms with van der Waals surface area (Å²) in [6.45, 7) is 3.00. The molecule has 0 radical (unpaired) electrons. The fourth-order valence-electron chi connectivity index (χ4n) is 1.87. The number of Topliss-reactive ketones (excluding diaryl/α,β-unsaturated/α-hetero) is 1. The maximum atomic E-state index is 11.3. The zero-order valence-corrected chi connectivity index (χ0v) is 13.2. The van der Waals surface area contributed by atoms with Crippen molar-refractivity contribution in [3.63, 3.8) is 0 Å². The second-order valence-corrected chi connectivity index (χ2v) is 5.32. The minimum atomic E-state index is 0.199. The van der Waals surface area contributed by atoms with Crippen molar-refractivity contribution < 1.29 is 9.53 Å². The average molecular weight is 327 g/mol. The van der Waals surface area contributed by atoms with Crippen molar-refractivity contribution in [2.75, 3.05) is 11.9 Å². The van der Waals surface area contributed by atoms with Crippen LogP contribution in [0, 0.1) is 0 Å². The molecule has 0 fully saturated rings. The molecule has 0 saturated heterocycles. The molecular weight excluding hydrogens is 304 g/mol. The van der Waals surface area contributed by atoms with Crippen LogP contribution in [0.15, 0.2) is 24.3 Å². The number of hydrogen-bond donors (Lipinski definition) is 0. The van der Waals surface area contributed by atoms with Crippen molar-refractivity contribution in [1.29, 1.82) is 0 Å². The number of carbonyl (C=O) groups excluding carboxylic acids is 1. The van der Waals surface area contributed by atoms with Crippen LogP contribution in [0.1, 0.15) is 44.6 Å². The Morgan fingerprint density at radius 2 is 1.79 bits per heavy atom. The molecule has 3 heteroatoms. The number of benzene rings is 1. The quantitative estimate of drug-likeness (QED) is 0.466. The molecule has 0 saturated carbocycles. The first-order valence-corrected chi connectivity index (χ1v) is 8.17. The zero-order valence-electron chi connectivity index (χ0n) is 11.7. The van der Waals surface area contributed by atoms with E-state index in [0.29, 0.717) is 11.8 Å². The lowest BCUT2D eigenvalue weighted by molar-refractivity contribution is -0.115. The predicted octanol–water partition coefficient (Wildman–Crippen LogP) is 4.54. The van der Waals surface area contributed by atoms with E-state index < -0.39 is 0 Å². The Balaban J connectivity index is 2.22. The molecule has 0 aliphatic heterocycles. The minimum absolute atomic E-state index is 0.199. The summed E-state index contributed by atoms with van der Waals surface area (Å²) in [4.78, 5) is 11.3. The summed E-state index contributed by atoms with van der Waals surface area (Å²) in [6.07, 6.45) is 6.73. The molecule has 0 unspecified atom stereocenters. The van der Waals surface area contributed by atoms with Gasteiger partial charge in [0.2, 0.25) is 0 Å². The molecule has 0 aromatic heterocycles. The van der Waals surface area contributed by atoms with E-state index in [1.54, 1.807) is 0 Å². The fourth-order valence-corrected chi connectivity index (χ4v) is 2.07. The molecule has 0 bridgehead atoms. The van der Waals surface area contributed by atoms with Crippen LogP contribution < -0.4 is 4.74 Å². The summed E-state index contributed by atoms with van der Waals surface area (Å²) in [6, 6.07) is 7.83. The Morgan fingerprint density at radius 1 is 1.11 bits per heavy atom. The first-order valence-electron chi connectivity index (χ1n) is 7.05. The Hall–Kier alpha value is -0.830. The second kappa shape index (κ2) is 10.0. The van der Waals surface area contributed by atoms with Gasteiger partial charge in [0, 0.05) is 6.42 Å². The molecule has 1 aromatic rings. The van der Waals surface area contributed by atoms with Crippen molar-refractivity contribution in [1.82, 2.24) is 0 Å². The van der Waals surface area contributed by atoms with Crippen molar-refractivity contribution >= 4 is 21.7 Å². The Morgan fingerprint density at radius 3 is 2.42 bits per heavy atom. The summed E-state index contributed by atoms with van der Waals surface area (Å²) in [5.74, 6) is 1.09. The van der Waals surface area contributed by atoms with Gasteiger partial charge >= 0.3 is 0 Å². The number of carbonyl (C=O) groups is 1. The van der Waals surface area contributed by atoms with Crippen molar-refractivity contribution in [3.05, 3.63) is 29.8 Å². The standard InChI is InChI=1S/C16H23BrO2/c1-2-3-4-5-6-11-19-16-9-7-14(8-10-16)12-15(18)13-17/h7-10H,2-6,11-13H2,1H3. The lowest BCUT2D eigenvalue weighted by atomic mass is 10.1.